The van der Waals surface area contributed by atoms with E-state index in [9.17, 15) is 4.79 Å². The zero-order chi connectivity index (χ0) is 13.2. The predicted molar refractivity (Wildman–Crippen MR) is 73.8 cm³/mol. The van der Waals surface area contributed by atoms with E-state index in [0.717, 1.165) is 24.5 Å². The van der Waals surface area contributed by atoms with Gasteiger partial charge in [-0.2, -0.15) is 5.10 Å². The average Bonchev–Trinajstić information content (AvgIpc) is 3.01. The van der Waals surface area contributed by atoms with Gasteiger partial charge >= 0.3 is 0 Å². The van der Waals surface area contributed by atoms with Gasteiger partial charge < -0.3 is 5.32 Å². The molecule has 1 aliphatic carbocycles. The van der Waals surface area contributed by atoms with E-state index in [1.54, 1.807) is 6.20 Å². The lowest BCUT2D eigenvalue weighted by molar-refractivity contribution is -0.120. The van der Waals surface area contributed by atoms with E-state index in [2.05, 4.69) is 10.4 Å². The molecular formula is C15H23N3O. The maximum Gasteiger partial charge on any atom is 0.150 e. The Morgan fingerprint density at radius 1 is 1.47 bits per heavy atom. The molecule has 2 aliphatic rings. The predicted octanol–water partition coefficient (Wildman–Crippen LogP) is 1.84. The number of aromatic nitrogens is 2. The van der Waals surface area contributed by atoms with Crippen LogP contribution in [0.1, 0.15) is 44.2 Å². The lowest BCUT2D eigenvalue weighted by atomic mass is 9.84. The van der Waals surface area contributed by atoms with Gasteiger partial charge in [0, 0.05) is 31.4 Å². The van der Waals surface area contributed by atoms with Gasteiger partial charge in [-0.1, -0.05) is 12.8 Å². The number of carbonyl (C=O) groups is 1. The molecule has 0 aromatic carbocycles. The highest BCUT2D eigenvalue weighted by atomic mass is 16.1. The normalized spacial score (nSPS) is 30.3. The molecule has 1 aliphatic heterocycles. The maximum absolute atomic E-state index is 12.3. The molecule has 1 aromatic rings. The first-order valence-corrected chi connectivity index (χ1v) is 7.49. The first-order chi connectivity index (χ1) is 9.24. The lowest BCUT2D eigenvalue weighted by Gasteiger charge is -2.24. The second-order valence-electron chi connectivity index (χ2n) is 6.02. The van der Waals surface area contributed by atoms with Crippen LogP contribution < -0.4 is 5.32 Å². The summed E-state index contributed by atoms with van der Waals surface area (Å²) in [5.74, 6) is 1.13. The highest BCUT2D eigenvalue weighted by Gasteiger charge is 2.37. The van der Waals surface area contributed by atoms with Crippen LogP contribution in [0.2, 0.25) is 0 Å². The molecule has 1 saturated carbocycles. The van der Waals surface area contributed by atoms with Crippen molar-refractivity contribution < 1.29 is 4.79 Å². The number of hydrogen-bond donors (Lipinski definition) is 1. The van der Waals surface area contributed by atoms with Crippen molar-refractivity contribution in [2.45, 2.75) is 57.0 Å². The van der Waals surface area contributed by atoms with Crippen molar-refractivity contribution >= 4 is 5.78 Å². The molecule has 0 spiro atoms. The summed E-state index contributed by atoms with van der Waals surface area (Å²) in [7, 11) is 1.93. The maximum atomic E-state index is 12.3. The summed E-state index contributed by atoms with van der Waals surface area (Å²) in [5.41, 5.74) is 1.14. The second kappa shape index (κ2) is 5.45. The third-order valence-electron chi connectivity index (χ3n) is 4.80. The number of aryl methyl sites for hydroxylation is 2. The molecule has 3 unspecified atom stereocenters. The van der Waals surface area contributed by atoms with Crippen molar-refractivity contribution in [3.63, 3.8) is 0 Å². The second-order valence-corrected chi connectivity index (χ2v) is 6.02. The lowest BCUT2D eigenvalue weighted by Crippen LogP contribution is -2.37. The standard InChI is InChI=1S/C15H23N3O/c1-18-12(8-9-16-18)6-7-15(19)14-10-11-4-2-3-5-13(11)17-14/h8-9,11,13-14,17H,2-7,10H2,1H3. The zero-order valence-electron chi connectivity index (χ0n) is 11.6. The van der Waals surface area contributed by atoms with Gasteiger partial charge in [0.2, 0.25) is 0 Å². The fraction of sp³-hybridized carbons (Fsp3) is 0.733. The molecule has 2 heterocycles. The molecule has 1 saturated heterocycles. The molecule has 3 atom stereocenters. The van der Waals surface area contributed by atoms with Gasteiger partial charge in [0.1, 0.15) is 5.78 Å². The number of fused-ring (bicyclic) bond motifs is 1. The van der Waals surface area contributed by atoms with E-state index in [1.807, 2.05) is 17.8 Å². The molecular weight excluding hydrogens is 238 g/mol. The van der Waals surface area contributed by atoms with Crippen molar-refractivity contribution in [1.82, 2.24) is 15.1 Å². The zero-order valence-corrected chi connectivity index (χ0v) is 11.6. The van der Waals surface area contributed by atoms with Gasteiger partial charge in [0.25, 0.3) is 0 Å². The summed E-state index contributed by atoms with van der Waals surface area (Å²) >= 11 is 0. The number of ketones is 1. The number of nitrogens with one attached hydrogen (secondary N) is 1. The van der Waals surface area contributed by atoms with Gasteiger partial charge in [-0.3, -0.25) is 9.48 Å². The van der Waals surface area contributed by atoms with Crippen LogP contribution in [-0.2, 0) is 18.3 Å². The molecule has 0 bridgehead atoms. The molecule has 3 rings (SSSR count). The minimum atomic E-state index is 0.112. The highest BCUT2D eigenvalue weighted by molar-refractivity contribution is 5.84. The Balaban J connectivity index is 1.52. The van der Waals surface area contributed by atoms with E-state index in [-0.39, 0.29) is 6.04 Å². The van der Waals surface area contributed by atoms with Crippen LogP contribution in [0, 0.1) is 5.92 Å². The molecule has 2 fully saturated rings. The average molecular weight is 261 g/mol. The summed E-state index contributed by atoms with van der Waals surface area (Å²) < 4.78 is 1.86. The Morgan fingerprint density at radius 3 is 3.05 bits per heavy atom. The van der Waals surface area contributed by atoms with Crippen LogP contribution in [0.5, 0.6) is 0 Å². The van der Waals surface area contributed by atoms with Crippen molar-refractivity contribution in [3.8, 4) is 0 Å². The third kappa shape index (κ3) is 2.73. The molecule has 4 nitrogen and oxygen atoms in total. The Bertz CT molecular complexity index is 440. The number of carbonyl (C=O) groups excluding carboxylic acids is 1. The van der Waals surface area contributed by atoms with Crippen LogP contribution in [0.15, 0.2) is 12.3 Å². The first kappa shape index (κ1) is 12.9. The molecule has 104 valence electrons. The van der Waals surface area contributed by atoms with Crippen molar-refractivity contribution in [1.29, 1.82) is 0 Å². The Hall–Kier alpha value is -1.16. The summed E-state index contributed by atoms with van der Waals surface area (Å²) in [6.07, 6.45) is 9.54. The monoisotopic (exact) mass is 261 g/mol. The van der Waals surface area contributed by atoms with E-state index in [1.165, 1.54) is 25.7 Å². The van der Waals surface area contributed by atoms with Gasteiger partial charge in [-0.05, 0) is 37.7 Å². The van der Waals surface area contributed by atoms with Crippen molar-refractivity contribution in [2.24, 2.45) is 13.0 Å². The van der Waals surface area contributed by atoms with Gasteiger partial charge in [0.15, 0.2) is 0 Å². The van der Waals surface area contributed by atoms with Gasteiger partial charge in [-0.25, -0.2) is 0 Å². The topological polar surface area (TPSA) is 46.9 Å². The van der Waals surface area contributed by atoms with Crippen LogP contribution >= 0.6 is 0 Å². The van der Waals surface area contributed by atoms with E-state index in [0.29, 0.717) is 18.2 Å². The molecule has 4 heteroatoms. The summed E-state index contributed by atoms with van der Waals surface area (Å²) in [5, 5.41) is 7.71. The third-order valence-corrected chi connectivity index (χ3v) is 4.80. The van der Waals surface area contributed by atoms with E-state index >= 15 is 0 Å². The Labute approximate surface area is 114 Å². The van der Waals surface area contributed by atoms with Crippen LogP contribution in [0.25, 0.3) is 0 Å². The molecule has 1 aromatic heterocycles. The Morgan fingerprint density at radius 2 is 2.32 bits per heavy atom. The fourth-order valence-corrected chi connectivity index (χ4v) is 3.63. The Kier molecular flexibility index (Phi) is 3.69. The number of Topliss-reactive ketones (excluding diaryl/α,β-unsaturated/α-hetero) is 1. The van der Waals surface area contributed by atoms with Gasteiger partial charge in [-0.15, -0.1) is 0 Å². The molecule has 0 amide bonds. The van der Waals surface area contributed by atoms with Crippen molar-refractivity contribution in [3.05, 3.63) is 18.0 Å². The van der Waals surface area contributed by atoms with Crippen LogP contribution in [0.3, 0.4) is 0 Å². The number of nitrogens with zero attached hydrogens (tertiary/aromatic N) is 2. The van der Waals surface area contributed by atoms with Crippen LogP contribution in [-0.4, -0.2) is 27.6 Å². The summed E-state index contributed by atoms with van der Waals surface area (Å²) in [4.78, 5) is 12.3. The SMILES string of the molecule is Cn1nccc1CCC(=O)C1CC2CCCCC2N1. The van der Waals surface area contributed by atoms with Crippen molar-refractivity contribution in [2.75, 3.05) is 0 Å². The minimum Gasteiger partial charge on any atom is -0.304 e. The van der Waals surface area contributed by atoms with E-state index < -0.39 is 0 Å². The highest BCUT2D eigenvalue weighted by Crippen LogP contribution is 2.33. The number of hydrogen-bond acceptors (Lipinski definition) is 3. The van der Waals surface area contributed by atoms with Crippen LogP contribution in [0.4, 0.5) is 0 Å². The van der Waals surface area contributed by atoms with Gasteiger partial charge in [0.05, 0.1) is 6.04 Å². The number of rotatable bonds is 4. The first-order valence-electron chi connectivity index (χ1n) is 7.49. The molecule has 19 heavy (non-hydrogen) atoms. The summed E-state index contributed by atoms with van der Waals surface area (Å²) in [6.45, 7) is 0. The smallest absolute Gasteiger partial charge is 0.150 e. The fourth-order valence-electron chi connectivity index (χ4n) is 3.63. The van der Waals surface area contributed by atoms with E-state index in [4.69, 9.17) is 0 Å². The quantitative estimate of drug-likeness (QED) is 0.899. The summed E-state index contributed by atoms with van der Waals surface area (Å²) in [6, 6.07) is 2.72. The minimum absolute atomic E-state index is 0.112. The largest absolute Gasteiger partial charge is 0.304 e. The molecule has 1 N–H and O–H groups in total. The molecule has 0 radical (unpaired) electrons.